The highest BCUT2D eigenvalue weighted by Gasteiger charge is 2.06. The molecule has 0 spiro atoms. The molecule has 0 aliphatic rings. The van der Waals surface area contributed by atoms with Crippen LogP contribution in [-0.4, -0.2) is 26.7 Å². The van der Waals surface area contributed by atoms with Gasteiger partial charge in [-0.2, -0.15) is 0 Å². The van der Waals surface area contributed by atoms with Gasteiger partial charge in [0.15, 0.2) is 11.5 Å². The van der Waals surface area contributed by atoms with Gasteiger partial charge in [-0.1, -0.05) is 24.3 Å². The molecule has 128 valence electrons. The first kappa shape index (κ1) is 17.7. The number of rotatable bonds is 8. The molecule has 0 saturated carbocycles. The Kier molecular flexibility index (Phi) is 6.49. The number of carbonyl (C=O) groups is 1. The Morgan fingerprint density at radius 2 is 1.79 bits per heavy atom. The van der Waals surface area contributed by atoms with Crippen LogP contribution in [0.3, 0.4) is 0 Å². The molecular formula is C19H24N2O3. The van der Waals surface area contributed by atoms with Gasteiger partial charge in [0, 0.05) is 18.7 Å². The van der Waals surface area contributed by atoms with E-state index in [4.69, 9.17) is 15.2 Å². The van der Waals surface area contributed by atoms with Gasteiger partial charge >= 0.3 is 0 Å². The number of nitrogen functional groups attached to an aromatic ring is 1. The van der Waals surface area contributed by atoms with Gasteiger partial charge in [0.1, 0.15) is 0 Å². The molecule has 0 fully saturated rings. The second-order valence-electron chi connectivity index (χ2n) is 5.49. The minimum Gasteiger partial charge on any atom is -0.493 e. The van der Waals surface area contributed by atoms with Crippen molar-refractivity contribution >= 4 is 11.6 Å². The van der Waals surface area contributed by atoms with Gasteiger partial charge in [-0.25, -0.2) is 0 Å². The highest BCUT2D eigenvalue weighted by atomic mass is 16.5. The molecule has 0 unspecified atom stereocenters. The third kappa shape index (κ3) is 4.91. The van der Waals surface area contributed by atoms with E-state index < -0.39 is 0 Å². The van der Waals surface area contributed by atoms with Crippen LogP contribution < -0.4 is 20.5 Å². The van der Waals surface area contributed by atoms with Crippen LogP contribution in [0, 0.1) is 0 Å². The van der Waals surface area contributed by atoms with E-state index >= 15 is 0 Å². The average Bonchev–Trinajstić information content (AvgIpc) is 2.61. The van der Waals surface area contributed by atoms with Crippen LogP contribution in [0.1, 0.15) is 17.5 Å². The quantitative estimate of drug-likeness (QED) is 0.731. The molecular weight excluding hydrogens is 304 g/mol. The Hall–Kier alpha value is -2.69. The third-order valence-electron chi connectivity index (χ3n) is 3.86. The van der Waals surface area contributed by atoms with Crippen molar-refractivity contribution in [3.63, 3.8) is 0 Å². The number of ether oxygens (including phenoxy) is 2. The number of methoxy groups -OCH3 is 2. The summed E-state index contributed by atoms with van der Waals surface area (Å²) in [6.45, 7) is 0.582. The lowest BCUT2D eigenvalue weighted by molar-refractivity contribution is -0.121. The zero-order valence-corrected chi connectivity index (χ0v) is 14.2. The Balaban J connectivity index is 1.77. The lowest BCUT2D eigenvalue weighted by atomic mass is 10.1. The third-order valence-corrected chi connectivity index (χ3v) is 3.86. The number of benzene rings is 2. The number of anilines is 1. The molecule has 24 heavy (non-hydrogen) atoms. The minimum absolute atomic E-state index is 0.0266. The summed E-state index contributed by atoms with van der Waals surface area (Å²) in [5.74, 6) is 1.42. The van der Waals surface area contributed by atoms with Gasteiger partial charge in [0.05, 0.1) is 14.2 Å². The molecule has 0 heterocycles. The first-order chi connectivity index (χ1) is 11.6. The molecule has 2 aromatic rings. The number of aryl methyl sites for hydroxylation is 1. The van der Waals surface area contributed by atoms with Crippen LogP contribution in [0.4, 0.5) is 5.69 Å². The van der Waals surface area contributed by atoms with Gasteiger partial charge in [0.25, 0.3) is 0 Å². The van der Waals surface area contributed by atoms with Crippen LogP contribution in [0.2, 0.25) is 0 Å². The standard InChI is InChI=1S/C19H24N2O3/c1-23-17-9-7-14(13-18(17)24-2)11-12-21-19(22)10-8-15-5-3-4-6-16(15)20/h3-7,9,13H,8,10-12,20H2,1-2H3,(H,21,22). The summed E-state index contributed by atoms with van der Waals surface area (Å²) in [5.41, 5.74) is 8.70. The van der Waals surface area contributed by atoms with Crippen molar-refractivity contribution < 1.29 is 14.3 Å². The van der Waals surface area contributed by atoms with Crippen molar-refractivity contribution in [1.29, 1.82) is 0 Å². The van der Waals surface area contributed by atoms with E-state index in [1.807, 2.05) is 42.5 Å². The Bertz CT molecular complexity index is 686. The topological polar surface area (TPSA) is 73.6 Å². The van der Waals surface area contributed by atoms with Crippen molar-refractivity contribution in [2.75, 3.05) is 26.5 Å². The predicted molar refractivity (Wildman–Crippen MR) is 95.4 cm³/mol. The van der Waals surface area contributed by atoms with Gasteiger partial charge in [-0.15, -0.1) is 0 Å². The smallest absolute Gasteiger partial charge is 0.220 e. The fourth-order valence-electron chi connectivity index (χ4n) is 2.48. The van der Waals surface area contributed by atoms with E-state index in [0.29, 0.717) is 30.9 Å². The molecule has 2 aromatic carbocycles. The first-order valence-electron chi connectivity index (χ1n) is 7.95. The zero-order chi connectivity index (χ0) is 17.4. The molecule has 0 aromatic heterocycles. The molecule has 0 bridgehead atoms. The van der Waals surface area contributed by atoms with Crippen LogP contribution in [0.5, 0.6) is 11.5 Å². The molecule has 0 aliphatic heterocycles. The number of carbonyl (C=O) groups excluding carboxylic acids is 1. The summed E-state index contributed by atoms with van der Waals surface area (Å²) >= 11 is 0. The Morgan fingerprint density at radius 3 is 2.50 bits per heavy atom. The van der Waals surface area contributed by atoms with E-state index in [0.717, 1.165) is 23.2 Å². The lowest BCUT2D eigenvalue weighted by Gasteiger charge is -2.10. The van der Waals surface area contributed by atoms with Gasteiger partial charge in [-0.05, 0) is 42.2 Å². The summed E-state index contributed by atoms with van der Waals surface area (Å²) in [6.07, 6.45) is 1.81. The molecule has 3 N–H and O–H groups in total. The molecule has 2 rings (SSSR count). The maximum Gasteiger partial charge on any atom is 0.220 e. The van der Waals surface area contributed by atoms with Crippen molar-refractivity contribution in [3.05, 3.63) is 53.6 Å². The van der Waals surface area contributed by atoms with Crippen molar-refractivity contribution in [2.45, 2.75) is 19.3 Å². The number of amides is 1. The normalized spacial score (nSPS) is 10.2. The highest BCUT2D eigenvalue weighted by Crippen LogP contribution is 2.27. The van der Waals surface area contributed by atoms with Crippen LogP contribution in [-0.2, 0) is 17.6 Å². The second kappa shape index (κ2) is 8.82. The summed E-state index contributed by atoms with van der Waals surface area (Å²) in [5, 5.41) is 2.94. The highest BCUT2D eigenvalue weighted by molar-refractivity contribution is 5.76. The van der Waals surface area contributed by atoms with Crippen molar-refractivity contribution in [1.82, 2.24) is 5.32 Å². The van der Waals surface area contributed by atoms with Crippen molar-refractivity contribution in [2.24, 2.45) is 0 Å². The number of para-hydroxylation sites is 1. The average molecular weight is 328 g/mol. The Morgan fingerprint density at radius 1 is 1.04 bits per heavy atom. The lowest BCUT2D eigenvalue weighted by Crippen LogP contribution is -2.26. The van der Waals surface area contributed by atoms with E-state index in [1.165, 1.54) is 0 Å². The van der Waals surface area contributed by atoms with Gasteiger partial charge in [0.2, 0.25) is 5.91 Å². The molecule has 0 aliphatic carbocycles. The number of hydrogen-bond donors (Lipinski definition) is 2. The summed E-state index contributed by atoms with van der Waals surface area (Å²) in [4.78, 5) is 11.9. The molecule has 5 heteroatoms. The van der Waals surface area contributed by atoms with Gasteiger partial charge in [-0.3, -0.25) is 4.79 Å². The predicted octanol–water partition coefficient (Wildman–Crippen LogP) is 2.58. The zero-order valence-electron chi connectivity index (χ0n) is 14.2. The van der Waals surface area contributed by atoms with Crippen LogP contribution >= 0.6 is 0 Å². The molecule has 0 atom stereocenters. The second-order valence-corrected chi connectivity index (χ2v) is 5.49. The maximum absolute atomic E-state index is 11.9. The largest absolute Gasteiger partial charge is 0.493 e. The molecule has 1 amide bonds. The fraction of sp³-hybridized carbons (Fsp3) is 0.316. The Labute approximate surface area is 142 Å². The van der Waals surface area contributed by atoms with Crippen LogP contribution in [0.25, 0.3) is 0 Å². The van der Waals surface area contributed by atoms with Crippen LogP contribution in [0.15, 0.2) is 42.5 Å². The molecule has 5 nitrogen and oxygen atoms in total. The number of nitrogens with one attached hydrogen (secondary N) is 1. The van der Waals surface area contributed by atoms with Gasteiger partial charge < -0.3 is 20.5 Å². The molecule has 0 saturated heterocycles. The van der Waals surface area contributed by atoms with E-state index in [9.17, 15) is 4.79 Å². The van der Waals surface area contributed by atoms with E-state index in [-0.39, 0.29) is 5.91 Å². The van der Waals surface area contributed by atoms with Crippen molar-refractivity contribution in [3.8, 4) is 11.5 Å². The maximum atomic E-state index is 11.9. The fourth-order valence-corrected chi connectivity index (χ4v) is 2.48. The minimum atomic E-state index is 0.0266. The first-order valence-corrected chi connectivity index (χ1v) is 7.95. The summed E-state index contributed by atoms with van der Waals surface area (Å²) in [6, 6.07) is 13.4. The SMILES string of the molecule is COc1ccc(CCNC(=O)CCc2ccccc2N)cc1OC. The number of nitrogens with two attached hydrogens (primary N) is 1. The monoisotopic (exact) mass is 328 g/mol. The summed E-state index contributed by atoms with van der Waals surface area (Å²) < 4.78 is 10.5. The molecule has 0 radical (unpaired) electrons. The number of hydrogen-bond acceptors (Lipinski definition) is 4. The van der Waals surface area contributed by atoms with E-state index in [2.05, 4.69) is 5.32 Å². The van der Waals surface area contributed by atoms with E-state index in [1.54, 1.807) is 14.2 Å². The summed E-state index contributed by atoms with van der Waals surface area (Å²) in [7, 11) is 3.22.